The standard InChI is InChI=1S/C16H15BrCl2FN/c1-2-21-16(11-4-5-12(17)15(20)9-11)8-10-3-6-13(18)14(19)7-10/h3-7,9,16,21H,2,8H2,1H3. The summed E-state index contributed by atoms with van der Waals surface area (Å²) in [4.78, 5) is 0. The summed E-state index contributed by atoms with van der Waals surface area (Å²) in [6, 6.07) is 10.8. The molecule has 0 radical (unpaired) electrons. The molecule has 112 valence electrons. The van der Waals surface area contributed by atoms with E-state index in [-0.39, 0.29) is 11.9 Å². The van der Waals surface area contributed by atoms with Crippen LogP contribution in [0.15, 0.2) is 40.9 Å². The normalized spacial score (nSPS) is 12.4. The highest BCUT2D eigenvalue weighted by molar-refractivity contribution is 9.10. The van der Waals surface area contributed by atoms with Crippen LogP contribution in [0.2, 0.25) is 10.0 Å². The van der Waals surface area contributed by atoms with Crippen LogP contribution in [0.25, 0.3) is 0 Å². The van der Waals surface area contributed by atoms with Crippen LogP contribution >= 0.6 is 39.1 Å². The molecule has 0 fully saturated rings. The van der Waals surface area contributed by atoms with Gasteiger partial charge in [-0.3, -0.25) is 0 Å². The third-order valence-electron chi connectivity index (χ3n) is 3.22. The highest BCUT2D eigenvalue weighted by atomic mass is 79.9. The molecule has 1 atom stereocenters. The van der Waals surface area contributed by atoms with Gasteiger partial charge in [0, 0.05) is 6.04 Å². The molecule has 0 amide bonds. The highest BCUT2D eigenvalue weighted by Crippen LogP contribution is 2.27. The SMILES string of the molecule is CCNC(Cc1ccc(Cl)c(Cl)c1)c1ccc(Br)c(F)c1. The van der Waals surface area contributed by atoms with Crippen LogP contribution in [0.1, 0.15) is 24.1 Å². The summed E-state index contributed by atoms with van der Waals surface area (Å²) in [5.74, 6) is -0.260. The van der Waals surface area contributed by atoms with Crippen molar-refractivity contribution in [1.82, 2.24) is 5.32 Å². The Morgan fingerprint density at radius 1 is 1.14 bits per heavy atom. The molecular formula is C16H15BrCl2FN. The number of likely N-dealkylation sites (N-methyl/N-ethyl adjacent to an activating group) is 1. The Hall–Kier alpha value is -0.610. The van der Waals surface area contributed by atoms with Crippen LogP contribution in [0.3, 0.4) is 0 Å². The fraction of sp³-hybridized carbons (Fsp3) is 0.250. The Balaban J connectivity index is 2.25. The summed E-state index contributed by atoms with van der Waals surface area (Å²) in [7, 11) is 0. The first-order valence-corrected chi connectivity index (χ1v) is 8.18. The summed E-state index contributed by atoms with van der Waals surface area (Å²) in [6.07, 6.45) is 0.714. The van der Waals surface area contributed by atoms with Gasteiger partial charge in [-0.2, -0.15) is 0 Å². The predicted octanol–water partition coefficient (Wildman–Crippen LogP) is 5.79. The Morgan fingerprint density at radius 2 is 1.90 bits per heavy atom. The first-order valence-electron chi connectivity index (χ1n) is 6.63. The van der Waals surface area contributed by atoms with Crippen LogP contribution in [-0.4, -0.2) is 6.54 Å². The van der Waals surface area contributed by atoms with Crippen molar-refractivity contribution in [2.75, 3.05) is 6.54 Å². The smallest absolute Gasteiger partial charge is 0.137 e. The molecule has 2 aromatic carbocycles. The van der Waals surface area contributed by atoms with Crippen LogP contribution < -0.4 is 5.32 Å². The van der Waals surface area contributed by atoms with Crippen LogP contribution in [0.5, 0.6) is 0 Å². The Bertz CT molecular complexity index is 634. The minimum atomic E-state index is -0.260. The maximum Gasteiger partial charge on any atom is 0.137 e. The van der Waals surface area contributed by atoms with E-state index >= 15 is 0 Å². The van der Waals surface area contributed by atoms with Gasteiger partial charge in [-0.05, 0) is 64.3 Å². The Labute approximate surface area is 142 Å². The van der Waals surface area contributed by atoms with E-state index in [0.29, 0.717) is 20.9 Å². The van der Waals surface area contributed by atoms with E-state index in [1.54, 1.807) is 18.2 Å². The number of nitrogens with one attached hydrogen (secondary N) is 1. The van der Waals surface area contributed by atoms with Crippen molar-refractivity contribution in [2.45, 2.75) is 19.4 Å². The molecule has 1 nitrogen and oxygen atoms in total. The lowest BCUT2D eigenvalue weighted by atomic mass is 9.98. The molecule has 0 heterocycles. The van der Waals surface area contributed by atoms with Gasteiger partial charge in [-0.1, -0.05) is 42.3 Å². The number of benzene rings is 2. The maximum absolute atomic E-state index is 13.7. The largest absolute Gasteiger partial charge is 0.310 e. The first kappa shape index (κ1) is 16.8. The molecule has 1 N–H and O–H groups in total. The fourth-order valence-electron chi connectivity index (χ4n) is 2.19. The lowest BCUT2D eigenvalue weighted by molar-refractivity contribution is 0.542. The second-order valence-corrected chi connectivity index (χ2v) is 6.41. The molecule has 0 spiro atoms. The summed E-state index contributed by atoms with van der Waals surface area (Å²) in [6.45, 7) is 2.82. The molecule has 0 aliphatic heterocycles. The zero-order valence-corrected chi connectivity index (χ0v) is 14.6. The van der Waals surface area contributed by atoms with E-state index in [9.17, 15) is 4.39 Å². The van der Waals surface area contributed by atoms with Gasteiger partial charge in [0.05, 0.1) is 14.5 Å². The van der Waals surface area contributed by atoms with Gasteiger partial charge in [0.2, 0.25) is 0 Å². The van der Waals surface area contributed by atoms with E-state index < -0.39 is 0 Å². The number of hydrogen-bond donors (Lipinski definition) is 1. The average Bonchev–Trinajstić information content (AvgIpc) is 2.45. The summed E-state index contributed by atoms with van der Waals surface area (Å²) >= 11 is 15.2. The topological polar surface area (TPSA) is 12.0 Å². The van der Waals surface area contributed by atoms with Gasteiger partial charge in [0.1, 0.15) is 5.82 Å². The van der Waals surface area contributed by atoms with E-state index in [1.807, 2.05) is 25.1 Å². The van der Waals surface area contributed by atoms with E-state index in [4.69, 9.17) is 23.2 Å². The van der Waals surface area contributed by atoms with Gasteiger partial charge in [-0.15, -0.1) is 0 Å². The van der Waals surface area contributed by atoms with Crippen LogP contribution in [-0.2, 0) is 6.42 Å². The molecule has 0 aromatic heterocycles. The zero-order chi connectivity index (χ0) is 15.4. The number of halogens is 4. The summed E-state index contributed by atoms with van der Waals surface area (Å²) < 4.78 is 14.2. The number of rotatable bonds is 5. The van der Waals surface area contributed by atoms with E-state index in [2.05, 4.69) is 21.2 Å². The average molecular weight is 391 g/mol. The maximum atomic E-state index is 13.7. The third-order valence-corrected chi connectivity index (χ3v) is 4.60. The zero-order valence-electron chi connectivity index (χ0n) is 11.5. The molecule has 0 saturated carbocycles. The Kier molecular flexibility index (Phi) is 6.06. The van der Waals surface area contributed by atoms with Crippen molar-refractivity contribution in [3.8, 4) is 0 Å². The molecule has 5 heteroatoms. The van der Waals surface area contributed by atoms with Gasteiger partial charge in [0.25, 0.3) is 0 Å². The summed E-state index contributed by atoms with van der Waals surface area (Å²) in [5.41, 5.74) is 1.96. The van der Waals surface area contributed by atoms with E-state index in [0.717, 1.165) is 17.7 Å². The first-order chi connectivity index (χ1) is 10.0. The predicted molar refractivity (Wildman–Crippen MR) is 90.7 cm³/mol. The quantitative estimate of drug-likeness (QED) is 0.681. The van der Waals surface area contributed by atoms with Crippen molar-refractivity contribution in [1.29, 1.82) is 0 Å². The second-order valence-electron chi connectivity index (χ2n) is 4.74. The molecule has 21 heavy (non-hydrogen) atoms. The van der Waals surface area contributed by atoms with Crippen molar-refractivity contribution in [2.24, 2.45) is 0 Å². The monoisotopic (exact) mass is 389 g/mol. The van der Waals surface area contributed by atoms with Gasteiger partial charge < -0.3 is 5.32 Å². The van der Waals surface area contributed by atoms with Crippen LogP contribution in [0, 0.1) is 5.82 Å². The van der Waals surface area contributed by atoms with E-state index in [1.165, 1.54) is 0 Å². The lowest BCUT2D eigenvalue weighted by Gasteiger charge is -2.19. The molecule has 0 aliphatic carbocycles. The van der Waals surface area contributed by atoms with Gasteiger partial charge >= 0.3 is 0 Å². The fourth-order valence-corrected chi connectivity index (χ4v) is 2.75. The molecule has 2 aromatic rings. The minimum Gasteiger partial charge on any atom is -0.310 e. The van der Waals surface area contributed by atoms with Crippen molar-refractivity contribution in [3.63, 3.8) is 0 Å². The molecule has 0 saturated heterocycles. The summed E-state index contributed by atoms with van der Waals surface area (Å²) in [5, 5.41) is 4.44. The lowest BCUT2D eigenvalue weighted by Crippen LogP contribution is -2.23. The van der Waals surface area contributed by atoms with Crippen molar-refractivity contribution < 1.29 is 4.39 Å². The minimum absolute atomic E-state index is 0.0230. The van der Waals surface area contributed by atoms with Gasteiger partial charge in [-0.25, -0.2) is 4.39 Å². The van der Waals surface area contributed by atoms with Gasteiger partial charge in [0.15, 0.2) is 0 Å². The molecular weight excluding hydrogens is 376 g/mol. The third kappa shape index (κ3) is 4.43. The molecule has 1 unspecified atom stereocenters. The van der Waals surface area contributed by atoms with Crippen molar-refractivity contribution in [3.05, 3.63) is 67.9 Å². The van der Waals surface area contributed by atoms with Crippen LogP contribution in [0.4, 0.5) is 4.39 Å². The van der Waals surface area contributed by atoms with Crippen molar-refractivity contribution >= 4 is 39.1 Å². The molecule has 0 bridgehead atoms. The Morgan fingerprint density at radius 3 is 2.52 bits per heavy atom. The molecule has 2 rings (SSSR count). The highest BCUT2D eigenvalue weighted by Gasteiger charge is 2.14. The number of hydrogen-bond acceptors (Lipinski definition) is 1. The molecule has 0 aliphatic rings. The second kappa shape index (κ2) is 7.59.